The van der Waals surface area contributed by atoms with Gasteiger partial charge in [-0.15, -0.1) is 0 Å². The molecule has 1 saturated carbocycles. The average molecular weight is 488 g/mol. The molecule has 11 heteroatoms. The molecule has 0 radical (unpaired) electrons. The van der Waals surface area contributed by atoms with E-state index >= 15 is 0 Å². The number of nitrogens with two attached hydrogens (primary N) is 1. The molecule has 0 bridgehead atoms. The van der Waals surface area contributed by atoms with E-state index in [2.05, 4.69) is 20.6 Å². The van der Waals surface area contributed by atoms with Crippen molar-refractivity contribution in [2.45, 2.75) is 50.6 Å². The van der Waals surface area contributed by atoms with Crippen molar-refractivity contribution in [3.05, 3.63) is 35.2 Å². The fraction of sp³-hybridized carbons (Fsp3) is 0.478. The molecule has 1 saturated heterocycles. The number of carbonyl (C=O) groups is 1. The van der Waals surface area contributed by atoms with Crippen LogP contribution in [0.1, 0.15) is 44.6 Å². The Hall–Kier alpha value is -2.98. The van der Waals surface area contributed by atoms with Crippen LogP contribution in [0.2, 0.25) is 5.02 Å². The number of amides is 1. The zero-order valence-electron chi connectivity index (χ0n) is 18.6. The second-order valence-corrected chi connectivity index (χ2v) is 9.28. The molecule has 0 spiro atoms. The minimum absolute atomic E-state index is 0.0242. The van der Waals surface area contributed by atoms with Gasteiger partial charge in [-0.2, -0.15) is 4.98 Å². The summed E-state index contributed by atoms with van der Waals surface area (Å²) in [7, 11) is 0. The van der Waals surface area contributed by atoms with Gasteiger partial charge in [0.05, 0.1) is 16.9 Å². The van der Waals surface area contributed by atoms with E-state index in [1.165, 1.54) is 6.07 Å². The Morgan fingerprint density at radius 1 is 1.15 bits per heavy atom. The quantitative estimate of drug-likeness (QED) is 0.477. The maximum absolute atomic E-state index is 14.7. The molecule has 1 aliphatic heterocycles. The second kappa shape index (κ2) is 9.71. The third kappa shape index (κ3) is 4.65. The normalized spacial score (nSPS) is 21.5. The van der Waals surface area contributed by atoms with Crippen LogP contribution in [0.4, 0.5) is 22.0 Å². The van der Waals surface area contributed by atoms with E-state index in [0.29, 0.717) is 49.1 Å². The number of carbonyl (C=O) groups excluding carboxylic acids is 1. The van der Waals surface area contributed by atoms with Crippen LogP contribution >= 0.6 is 11.6 Å². The smallest absolute Gasteiger partial charge is 0.224 e. The Labute approximate surface area is 201 Å². The molecule has 0 atom stereocenters. The minimum atomic E-state index is -0.548. The van der Waals surface area contributed by atoms with Crippen LogP contribution in [0.15, 0.2) is 24.4 Å². The number of imidazole rings is 1. The zero-order valence-corrected chi connectivity index (χ0v) is 19.4. The maximum atomic E-state index is 14.7. The lowest BCUT2D eigenvalue weighted by Gasteiger charge is -2.29. The number of benzene rings is 1. The number of nitrogens with one attached hydrogen (secondary N) is 2. The van der Waals surface area contributed by atoms with Crippen LogP contribution in [0.3, 0.4) is 0 Å². The van der Waals surface area contributed by atoms with Gasteiger partial charge in [0.2, 0.25) is 17.8 Å². The summed E-state index contributed by atoms with van der Waals surface area (Å²) in [6.07, 6.45) is 6.29. The Morgan fingerprint density at radius 3 is 2.65 bits per heavy atom. The maximum Gasteiger partial charge on any atom is 0.224 e. The Balaban J connectivity index is 1.51. The van der Waals surface area contributed by atoms with Gasteiger partial charge in [0.25, 0.3) is 0 Å². The van der Waals surface area contributed by atoms with Gasteiger partial charge in [-0.25, -0.2) is 14.4 Å². The molecule has 1 aliphatic carbocycles. The first-order valence-electron chi connectivity index (χ1n) is 11.6. The van der Waals surface area contributed by atoms with Crippen LogP contribution < -0.4 is 16.4 Å². The van der Waals surface area contributed by atoms with Gasteiger partial charge >= 0.3 is 0 Å². The molecule has 3 heterocycles. The number of ether oxygens (including phenoxy) is 1. The van der Waals surface area contributed by atoms with Crippen molar-refractivity contribution < 1.29 is 13.9 Å². The number of fused-ring (bicyclic) bond motifs is 1. The first-order valence-corrected chi connectivity index (χ1v) is 12.0. The summed E-state index contributed by atoms with van der Waals surface area (Å²) in [5, 5.41) is 6.52. The van der Waals surface area contributed by atoms with Crippen molar-refractivity contribution >= 4 is 46.3 Å². The molecule has 4 N–H and O–H groups in total. The number of nitrogens with zero attached hydrogens (tertiary/aromatic N) is 4. The molecule has 34 heavy (non-hydrogen) atoms. The molecule has 180 valence electrons. The van der Waals surface area contributed by atoms with Crippen molar-refractivity contribution in [3.63, 3.8) is 0 Å². The summed E-state index contributed by atoms with van der Waals surface area (Å²) in [6.45, 7) is 1.42. The monoisotopic (exact) mass is 487 g/mol. The van der Waals surface area contributed by atoms with E-state index in [9.17, 15) is 9.18 Å². The molecule has 2 aromatic heterocycles. The third-order valence-electron chi connectivity index (χ3n) is 6.65. The number of aromatic nitrogens is 4. The average Bonchev–Trinajstić information content (AvgIpc) is 3.20. The molecule has 1 aromatic carbocycles. The summed E-state index contributed by atoms with van der Waals surface area (Å²) in [5.41, 5.74) is 7.00. The summed E-state index contributed by atoms with van der Waals surface area (Å²) in [6, 6.07) is 5.05. The highest BCUT2D eigenvalue weighted by atomic mass is 35.5. The SMILES string of the molecule is NC(=O)C1CCC(n2c(Nc3cccc(Cl)c3F)nc3cnc(NC4CCOCC4)nc32)CC1. The van der Waals surface area contributed by atoms with Crippen molar-refractivity contribution in [2.75, 3.05) is 23.8 Å². The predicted molar refractivity (Wildman–Crippen MR) is 128 cm³/mol. The number of anilines is 3. The molecule has 5 rings (SSSR count). The molecule has 2 fully saturated rings. The molecule has 9 nitrogen and oxygen atoms in total. The van der Waals surface area contributed by atoms with Gasteiger partial charge in [-0.05, 0) is 50.7 Å². The van der Waals surface area contributed by atoms with E-state index < -0.39 is 5.82 Å². The van der Waals surface area contributed by atoms with Gasteiger partial charge in [0.15, 0.2) is 11.5 Å². The fourth-order valence-corrected chi connectivity index (χ4v) is 4.93. The highest BCUT2D eigenvalue weighted by Crippen LogP contribution is 2.37. The van der Waals surface area contributed by atoms with Crippen molar-refractivity contribution in [3.8, 4) is 0 Å². The topological polar surface area (TPSA) is 120 Å². The first kappa shape index (κ1) is 22.8. The van der Waals surface area contributed by atoms with Crippen LogP contribution in [0.5, 0.6) is 0 Å². The lowest BCUT2D eigenvalue weighted by molar-refractivity contribution is -0.122. The van der Waals surface area contributed by atoms with Gasteiger partial charge in [-0.3, -0.25) is 9.36 Å². The molecule has 3 aromatic rings. The molecule has 1 amide bonds. The largest absolute Gasteiger partial charge is 0.381 e. The Bertz CT molecular complexity index is 1190. The van der Waals surface area contributed by atoms with Gasteiger partial charge in [-0.1, -0.05) is 17.7 Å². The number of hydrogen-bond acceptors (Lipinski definition) is 7. The van der Waals surface area contributed by atoms with E-state index in [1.807, 2.05) is 4.57 Å². The fourth-order valence-electron chi connectivity index (χ4n) is 4.76. The van der Waals surface area contributed by atoms with E-state index in [4.69, 9.17) is 27.1 Å². The van der Waals surface area contributed by atoms with Gasteiger partial charge in [0.1, 0.15) is 5.52 Å². The second-order valence-electron chi connectivity index (χ2n) is 8.87. The Kier molecular flexibility index (Phi) is 6.51. The van der Waals surface area contributed by atoms with Crippen molar-refractivity contribution in [2.24, 2.45) is 11.7 Å². The summed E-state index contributed by atoms with van der Waals surface area (Å²) >= 11 is 5.98. The zero-order chi connectivity index (χ0) is 23.7. The summed E-state index contributed by atoms with van der Waals surface area (Å²) < 4.78 is 22.1. The number of hydrogen-bond donors (Lipinski definition) is 3. The van der Waals surface area contributed by atoms with E-state index in [1.54, 1.807) is 18.3 Å². The molecular formula is C23H27ClFN7O2. The Morgan fingerprint density at radius 2 is 1.91 bits per heavy atom. The van der Waals surface area contributed by atoms with Crippen LogP contribution in [0, 0.1) is 11.7 Å². The van der Waals surface area contributed by atoms with Crippen LogP contribution in [-0.4, -0.2) is 44.7 Å². The van der Waals surface area contributed by atoms with Gasteiger partial charge in [0, 0.05) is 31.2 Å². The minimum Gasteiger partial charge on any atom is -0.381 e. The van der Waals surface area contributed by atoms with Crippen LogP contribution in [-0.2, 0) is 9.53 Å². The number of halogens is 2. The van der Waals surface area contributed by atoms with Crippen molar-refractivity contribution in [1.82, 2.24) is 19.5 Å². The first-order chi connectivity index (χ1) is 16.5. The summed E-state index contributed by atoms with van der Waals surface area (Å²) in [5.74, 6) is 0.0305. The standard InChI is InChI=1S/C23H27ClFN7O2/c24-16-2-1-3-17(19(16)25)29-23-30-18-12-27-22(28-14-8-10-34-11-9-14)31-21(18)32(23)15-6-4-13(5-7-15)20(26)33/h1-3,12-15H,4-11H2,(H2,26,33)(H,29,30)(H,27,28,31). The van der Waals surface area contributed by atoms with Crippen LogP contribution in [0.25, 0.3) is 11.2 Å². The van der Waals surface area contributed by atoms with Gasteiger partial charge < -0.3 is 21.1 Å². The predicted octanol–water partition coefficient (Wildman–Crippen LogP) is 4.17. The number of primary amides is 1. The highest BCUT2D eigenvalue weighted by Gasteiger charge is 2.29. The molecule has 0 unspecified atom stereocenters. The lowest BCUT2D eigenvalue weighted by Crippen LogP contribution is -2.29. The van der Waals surface area contributed by atoms with Crippen molar-refractivity contribution in [1.29, 1.82) is 0 Å². The third-order valence-corrected chi connectivity index (χ3v) is 6.94. The highest BCUT2D eigenvalue weighted by molar-refractivity contribution is 6.31. The van der Waals surface area contributed by atoms with E-state index in [0.717, 1.165) is 25.7 Å². The summed E-state index contributed by atoms with van der Waals surface area (Å²) in [4.78, 5) is 25.6. The number of rotatable bonds is 6. The molecule has 2 aliphatic rings. The van der Waals surface area contributed by atoms with E-state index in [-0.39, 0.29) is 34.6 Å². The molecular weight excluding hydrogens is 461 g/mol. The lowest BCUT2D eigenvalue weighted by atomic mass is 9.85.